The molecule has 27 heavy (non-hydrogen) atoms. The largest absolute Gasteiger partial charge is 0.444 e. The summed E-state index contributed by atoms with van der Waals surface area (Å²) in [5, 5.41) is 9.36. The summed E-state index contributed by atoms with van der Waals surface area (Å²) in [4.78, 5) is 18.8. The highest BCUT2D eigenvalue weighted by atomic mass is 16.6. The Morgan fingerprint density at radius 1 is 1.07 bits per heavy atom. The molecule has 0 unspecified atom stereocenters. The highest BCUT2D eigenvalue weighted by Gasteiger charge is 2.28. The number of hydrogen-bond acceptors (Lipinski definition) is 5. The van der Waals surface area contributed by atoms with E-state index < -0.39 is 5.60 Å². The molecule has 0 aromatic rings. The van der Waals surface area contributed by atoms with Crippen LogP contribution in [0.15, 0.2) is 4.99 Å². The van der Waals surface area contributed by atoms with E-state index in [2.05, 4.69) is 34.7 Å². The Balaban J connectivity index is 2.35. The molecule has 1 aliphatic rings. The van der Waals surface area contributed by atoms with E-state index in [4.69, 9.17) is 14.5 Å². The molecule has 0 bridgehead atoms. The highest BCUT2D eigenvalue weighted by Crippen LogP contribution is 2.16. The topological polar surface area (TPSA) is 87.2 Å². The number of alkyl carbamates (subject to hydrolysis) is 1. The lowest BCUT2D eigenvalue weighted by molar-refractivity contribution is -0.00683. The molecule has 0 radical (unpaired) electrons. The molecule has 1 aliphatic heterocycles. The molecule has 1 rings (SSSR count). The average molecular weight is 386 g/mol. The minimum atomic E-state index is -0.472. The number of morpholine rings is 1. The Kier molecular flexibility index (Phi) is 9.87. The lowest BCUT2D eigenvalue weighted by Gasteiger charge is -2.39. The predicted octanol–water partition coefficient (Wildman–Crippen LogP) is 1.57. The summed E-state index contributed by atoms with van der Waals surface area (Å²) in [6.45, 7) is 18.3. The minimum Gasteiger partial charge on any atom is -0.444 e. The Morgan fingerprint density at radius 3 is 2.30 bits per heavy atom. The lowest BCUT2D eigenvalue weighted by Crippen LogP contribution is -2.52. The molecule has 0 aliphatic carbocycles. The van der Waals surface area contributed by atoms with Gasteiger partial charge in [0.05, 0.1) is 19.8 Å². The van der Waals surface area contributed by atoms with Gasteiger partial charge in [-0.15, -0.1) is 0 Å². The number of nitrogens with one attached hydrogen (secondary N) is 3. The van der Waals surface area contributed by atoms with E-state index in [1.165, 1.54) is 0 Å². The van der Waals surface area contributed by atoms with E-state index in [0.29, 0.717) is 13.1 Å². The zero-order valence-corrected chi connectivity index (χ0v) is 18.0. The maximum Gasteiger partial charge on any atom is 0.407 e. The maximum atomic E-state index is 11.6. The average Bonchev–Trinajstić information content (AvgIpc) is 2.58. The van der Waals surface area contributed by atoms with E-state index in [1.807, 2.05) is 27.7 Å². The van der Waals surface area contributed by atoms with Crippen molar-refractivity contribution in [3.05, 3.63) is 0 Å². The normalized spacial score (nSPS) is 16.7. The summed E-state index contributed by atoms with van der Waals surface area (Å²) < 4.78 is 10.7. The number of ether oxygens (including phenoxy) is 2. The number of nitrogens with zero attached hydrogens (tertiary/aromatic N) is 2. The molecule has 1 saturated heterocycles. The summed E-state index contributed by atoms with van der Waals surface area (Å²) in [7, 11) is 0. The van der Waals surface area contributed by atoms with Gasteiger partial charge in [0.1, 0.15) is 5.60 Å². The Hall–Kier alpha value is -1.54. The van der Waals surface area contributed by atoms with Crippen LogP contribution < -0.4 is 16.0 Å². The second kappa shape index (κ2) is 11.3. The number of aliphatic imine (C=N–C) groups is 1. The van der Waals surface area contributed by atoms with Crippen LogP contribution in [0.5, 0.6) is 0 Å². The first-order valence-electron chi connectivity index (χ1n) is 9.96. The van der Waals surface area contributed by atoms with Crippen LogP contribution in [0.3, 0.4) is 0 Å². The van der Waals surface area contributed by atoms with Crippen LogP contribution in [-0.4, -0.2) is 80.6 Å². The number of rotatable bonds is 8. The summed E-state index contributed by atoms with van der Waals surface area (Å²) in [5.41, 5.74) is -0.481. The summed E-state index contributed by atoms with van der Waals surface area (Å²) in [5.74, 6) is 0.802. The van der Waals surface area contributed by atoms with E-state index in [0.717, 1.165) is 51.8 Å². The first-order chi connectivity index (χ1) is 12.6. The van der Waals surface area contributed by atoms with Crippen LogP contribution in [0.1, 0.15) is 48.0 Å². The van der Waals surface area contributed by atoms with Gasteiger partial charge in [-0.05, 0) is 48.0 Å². The highest BCUT2D eigenvalue weighted by molar-refractivity contribution is 5.79. The number of guanidine groups is 1. The zero-order chi connectivity index (χ0) is 20.3. The standard InChI is InChI=1S/C19H39N5O3/c1-7-20-16(21-9-8-10-22-17(25)27-18(2,3)4)23-15-19(5,6)24-11-13-26-14-12-24/h7-15H2,1-6H3,(H,22,25)(H2,20,21,23). The third-order valence-corrected chi connectivity index (χ3v) is 4.15. The van der Waals surface area contributed by atoms with Gasteiger partial charge in [-0.1, -0.05) is 0 Å². The maximum absolute atomic E-state index is 11.6. The van der Waals surface area contributed by atoms with Crippen molar-refractivity contribution < 1.29 is 14.3 Å². The predicted molar refractivity (Wildman–Crippen MR) is 109 cm³/mol. The van der Waals surface area contributed by atoms with Crippen molar-refractivity contribution in [2.24, 2.45) is 4.99 Å². The van der Waals surface area contributed by atoms with Gasteiger partial charge in [0.15, 0.2) is 5.96 Å². The van der Waals surface area contributed by atoms with E-state index in [-0.39, 0.29) is 11.6 Å². The zero-order valence-electron chi connectivity index (χ0n) is 18.0. The van der Waals surface area contributed by atoms with Crippen molar-refractivity contribution in [3.63, 3.8) is 0 Å². The van der Waals surface area contributed by atoms with Gasteiger partial charge in [-0.2, -0.15) is 0 Å². The molecule has 1 heterocycles. The van der Waals surface area contributed by atoms with Gasteiger partial charge in [0, 0.05) is 38.3 Å². The second-order valence-electron chi connectivity index (χ2n) is 8.32. The van der Waals surface area contributed by atoms with Crippen molar-refractivity contribution in [1.82, 2.24) is 20.9 Å². The van der Waals surface area contributed by atoms with E-state index in [1.54, 1.807) is 0 Å². The first kappa shape index (κ1) is 23.5. The SMILES string of the molecule is CCNC(=NCC(C)(C)N1CCOCC1)NCCCNC(=O)OC(C)(C)C. The fourth-order valence-corrected chi connectivity index (χ4v) is 2.68. The molecule has 158 valence electrons. The lowest BCUT2D eigenvalue weighted by atomic mass is 10.0. The fraction of sp³-hybridized carbons (Fsp3) is 0.895. The fourth-order valence-electron chi connectivity index (χ4n) is 2.68. The summed E-state index contributed by atoms with van der Waals surface area (Å²) in [6, 6.07) is 0. The van der Waals surface area contributed by atoms with Gasteiger partial charge in [0.2, 0.25) is 0 Å². The van der Waals surface area contributed by atoms with E-state index in [9.17, 15) is 4.79 Å². The van der Waals surface area contributed by atoms with Crippen LogP contribution in [0.2, 0.25) is 0 Å². The molecule has 0 saturated carbocycles. The Morgan fingerprint density at radius 2 is 1.70 bits per heavy atom. The molecule has 3 N–H and O–H groups in total. The van der Waals surface area contributed by atoms with Gasteiger partial charge < -0.3 is 25.4 Å². The third-order valence-electron chi connectivity index (χ3n) is 4.15. The van der Waals surface area contributed by atoms with E-state index >= 15 is 0 Å². The molecule has 1 fully saturated rings. The minimum absolute atomic E-state index is 0.00952. The van der Waals surface area contributed by atoms with Crippen LogP contribution in [-0.2, 0) is 9.47 Å². The van der Waals surface area contributed by atoms with Crippen molar-refractivity contribution >= 4 is 12.1 Å². The molecule has 8 heteroatoms. The van der Waals surface area contributed by atoms with Crippen molar-refractivity contribution in [1.29, 1.82) is 0 Å². The molecule has 8 nitrogen and oxygen atoms in total. The first-order valence-corrected chi connectivity index (χ1v) is 9.96. The van der Waals surface area contributed by atoms with Crippen molar-refractivity contribution in [2.45, 2.75) is 59.1 Å². The molecule has 1 amide bonds. The number of carbonyl (C=O) groups excluding carboxylic acids is 1. The Labute approximate surface area is 164 Å². The molecular formula is C19H39N5O3. The quantitative estimate of drug-likeness (QED) is 0.334. The summed E-state index contributed by atoms with van der Waals surface area (Å²) in [6.07, 6.45) is 0.409. The Bertz CT molecular complexity index is 468. The van der Waals surface area contributed by atoms with Gasteiger partial charge in [-0.3, -0.25) is 9.89 Å². The van der Waals surface area contributed by atoms with Crippen LogP contribution >= 0.6 is 0 Å². The summed E-state index contributed by atoms with van der Waals surface area (Å²) >= 11 is 0. The second-order valence-corrected chi connectivity index (χ2v) is 8.32. The van der Waals surface area contributed by atoms with Crippen molar-refractivity contribution in [3.8, 4) is 0 Å². The van der Waals surface area contributed by atoms with Crippen LogP contribution in [0.4, 0.5) is 4.79 Å². The van der Waals surface area contributed by atoms with Gasteiger partial charge >= 0.3 is 6.09 Å². The smallest absolute Gasteiger partial charge is 0.407 e. The number of carbonyl (C=O) groups is 1. The molecule has 0 atom stereocenters. The third kappa shape index (κ3) is 10.4. The number of amides is 1. The number of hydrogen-bond donors (Lipinski definition) is 3. The molecular weight excluding hydrogens is 346 g/mol. The van der Waals surface area contributed by atoms with Crippen molar-refractivity contribution in [2.75, 3.05) is 52.5 Å². The monoisotopic (exact) mass is 385 g/mol. The molecule has 0 aromatic heterocycles. The van der Waals surface area contributed by atoms with Crippen LogP contribution in [0, 0.1) is 0 Å². The van der Waals surface area contributed by atoms with Crippen LogP contribution in [0.25, 0.3) is 0 Å². The van der Waals surface area contributed by atoms with Gasteiger partial charge in [0.25, 0.3) is 0 Å². The molecule has 0 spiro atoms. The van der Waals surface area contributed by atoms with Gasteiger partial charge in [-0.25, -0.2) is 4.79 Å². The molecule has 0 aromatic carbocycles.